The molecule has 0 fully saturated rings. The van der Waals surface area contributed by atoms with Crippen LogP contribution in [-0.4, -0.2) is 89.5 Å². The Morgan fingerprint density at radius 2 is 0.472 bits per heavy atom. The lowest BCUT2D eigenvalue weighted by Gasteiger charge is -2.35. The molecular weight excluding hydrogens is 664 g/mol. The standard InChI is InChI=1S/C46H94O7/c1-5-9-13-15-17-19-21-23-25-27-29-31-35-51-41-45(37-47,39-49-33-11-7-3)43-53-44-46(38-48,40-50-34-12-8-4)42-52-36-32-30-28-26-24-22-20-18-16-14-10-6-2/h47-48H,5-44H2,1-4H3. The van der Waals surface area contributed by atoms with Gasteiger partial charge < -0.3 is 33.9 Å². The van der Waals surface area contributed by atoms with Gasteiger partial charge in [0.05, 0.1) is 63.7 Å². The van der Waals surface area contributed by atoms with Gasteiger partial charge in [-0.3, -0.25) is 0 Å². The Kier molecular flexibility index (Phi) is 41.1. The van der Waals surface area contributed by atoms with Crippen molar-refractivity contribution in [1.82, 2.24) is 0 Å². The number of unbranched alkanes of at least 4 members (excludes halogenated alkanes) is 24. The summed E-state index contributed by atoms with van der Waals surface area (Å²) in [7, 11) is 0. The molecule has 0 aromatic rings. The molecule has 0 aromatic carbocycles. The summed E-state index contributed by atoms with van der Waals surface area (Å²) in [4.78, 5) is 0. The zero-order valence-corrected chi connectivity index (χ0v) is 36.2. The lowest BCUT2D eigenvalue weighted by atomic mass is 9.90. The molecule has 320 valence electrons. The highest BCUT2D eigenvalue weighted by Crippen LogP contribution is 2.25. The molecule has 53 heavy (non-hydrogen) atoms. The van der Waals surface area contributed by atoms with Crippen molar-refractivity contribution in [2.24, 2.45) is 10.8 Å². The molecule has 0 aromatic heterocycles. The Labute approximate surface area is 330 Å². The maximum absolute atomic E-state index is 10.6. The van der Waals surface area contributed by atoms with E-state index in [0.29, 0.717) is 66.1 Å². The van der Waals surface area contributed by atoms with Crippen molar-refractivity contribution in [3.63, 3.8) is 0 Å². The highest BCUT2D eigenvalue weighted by atomic mass is 16.5. The highest BCUT2D eigenvalue weighted by molar-refractivity contribution is 4.82. The molecule has 7 nitrogen and oxygen atoms in total. The lowest BCUT2D eigenvalue weighted by molar-refractivity contribution is -0.131. The Balaban J connectivity index is 4.71. The van der Waals surface area contributed by atoms with Gasteiger partial charge in [-0.25, -0.2) is 0 Å². The predicted octanol–water partition coefficient (Wildman–Crippen LogP) is 12.0. The molecule has 2 N–H and O–H groups in total. The van der Waals surface area contributed by atoms with Crippen molar-refractivity contribution in [1.29, 1.82) is 0 Å². The summed E-state index contributed by atoms with van der Waals surface area (Å²) in [6, 6.07) is 0. The van der Waals surface area contributed by atoms with Crippen LogP contribution in [0.15, 0.2) is 0 Å². The van der Waals surface area contributed by atoms with Crippen LogP contribution in [0.3, 0.4) is 0 Å². The second kappa shape index (κ2) is 41.4. The molecule has 0 radical (unpaired) electrons. The van der Waals surface area contributed by atoms with Crippen molar-refractivity contribution >= 4 is 0 Å². The van der Waals surface area contributed by atoms with Crippen molar-refractivity contribution in [2.45, 2.75) is 207 Å². The molecule has 2 atom stereocenters. The van der Waals surface area contributed by atoms with E-state index in [1.165, 1.54) is 141 Å². The van der Waals surface area contributed by atoms with Gasteiger partial charge in [0.2, 0.25) is 0 Å². The fourth-order valence-corrected chi connectivity index (χ4v) is 6.75. The Hall–Kier alpha value is -0.280. The second-order valence-electron chi connectivity index (χ2n) is 16.5. The third-order valence-corrected chi connectivity index (χ3v) is 10.7. The Morgan fingerprint density at radius 1 is 0.264 bits per heavy atom. The number of rotatable bonds is 46. The van der Waals surface area contributed by atoms with E-state index in [9.17, 15) is 10.2 Å². The monoisotopic (exact) mass is 759 g/mol. The van der Waals surface area contributed by atoms with Crippen LogP contribution < -0.4 is 0 Å². The van der Waals surface area contributed by atoms with Gasteiger partial charge in [0.25, 0.3) is 0 Å². The minimum absolute atomic E-state index is 0.0772. The molecule has 7 heteroatoms. The first kappa shape index (κ1) is 52.7. The first-order valence-corrected chi connectivity index (χ1v) is 23.2. The van der Waals surface area contributed by atoms with E-state index in [1.807, 2.05) is 0 Å². The topological polar surface area (TPSA) is 86.6 Å². The van der Waals surface area contributed by atoms with Gasteiger partial charge in [-0.15, -0.1) is 0 Å². The predicted molar refractivity (Wildman–Crippen MR) is 225 cm³/mol. The van der Waals surface area contributed by atoms with Crippen LogP contribution in [0.25, 0.3) is 0 Å². The molecular formula is C46H94O7. The largest absolute Gasteiger partial charge is 0.396 e. The van der Waals surface area contributed by atoms with E-state index >= 15 is 0 Å². The minimum Gasteiger partial charge on any atom is -0.396 e. The smallest absolute Gasteiger partial charge is 0.0635 e. The number of hydrogen-bond donors (Lipinski definition) is 2. The van der Waals surface area contributed by atoms with E-state index < -0.39 is 10.8 Å². The fourth-order valence-electron chi connectivity index (χ4n) is 6.75. The minimum atomic E-state index is -0.648. The second-order valence-corrected chi connectivity index (χ2v) is 16.5. The summed E-state index contributed by atoms with van der Waals surface area (Å²) in [5.74, 6) is 0. The average molecular weight is 759 g/mol. The van der Waals surface area contributed by atoms with Gasteiger partial charge in [-0.05, 0) is 25.7 Å². The summed E-state index contributed by atoms with van der Waals surface area (Å²) in [6.45, 7) is 13.6. The maximum Gasteiger partial charge on any atom is 0.0635 e. The quantitative estimate of drug-likeness (QED) is 0.0598. The van der Waals surface area contributed by atoms with Gasteiger partial charge in [-0.1, -0.05) is 182 Å². The maximum atomic E-state index is 10.6. The van der Waals surface area contributed by atoms with Gasteiger partial charge in [0.15, 0.2) is 0 Å². The zero-order valence-electron chi connectivity index (χ0n) is 36.2. The summed E-state index contributed by atoms with van der Waals surface area (Å²) in [6.07, 6.45) is 35.7. The SMILES string of the molecule is CCCCCCCCCCCCCCOCC(CO)(COCCCC)COCC(CO)(COCCCC)COCCCCCCCCCCCCCC. The van der Waals surface area contributed by atoms with Crippen molar-refractivity contribution < 1.29 is 33.9 Å². The fraction of sp³-hybridized carbons (Fsp3) is 1.00. The van der Waals surface area contributed by atoms with Gasteiger partial charge >= 0.3 is 0 Å². The van der Waals surface area contributed by atoms with E-state index in [1.54, 1.807) is 0 Å². The number of hydrogen-bond acceptors (Lipinski definition) is 7. The molecule has 0 spiro atoms. The van der Waals surface area contributed by atoms with Crippen molar-refractivity contribution in [3.05, 3.63) is 0 Å². The van der Waals surface area contributed by atoms with Crippen molar-refractivity contribution in [2.75, 3.05) is 79.3 Å². The third-order valence-electron chi connectivity index (χ3n) is 10.7. The first-order chi connectivity index (χ1) is 26.1. The van der Waals surface area contributed by atoms with Gasteiger partial charge in [0, 0.05) is 26.4 Å². The lowest BCUT2D eigenvalue weighted by Crippen LogP contribution is -2.45. The Bertz CT molecular complexity index is 639. The number of aliphatic hydroxyl groups excluding tert-OH is 2. The molecule has 0 bridgehead atoms. The van der Waals surface area contributed by atoms with Crippen LogP contribution in [0, 0.1) is 10.8 Å². The first-order valence-electron chi connectivity index (χ1n) is 23.2. The molecule has 0 rings (SSSR count). The van der Waals surface area contributed by atoms with Crippen LogP contribution in [0.4, 0.5) is 0 Å². The molecule has 0 saturated carbocycles. The van der Waals surface area contributed by atoms with Crippen LogP contribution in [-0.2, 0) is 23.7 Å². The van der Waals surface area contributed by atoms with E-state index in [-0.39, 0.29) is 13.2 Å². The molecule has 0 aliphatic rings. The number of aliphatic hydroxyl groups is 2. The molecule has 0 saturated heterocycles. The molecule has 0 aliphatic heterocycles. The summed E-state index contributed by atoms with van der Waals surface area (Å²) in [5, 5.41) is 21.3. The van der Waals surface area contributed by atoms with Gasteiger partial charge in [0.1, 0.15) is 0 Å². The molecule has 0 aliphatic carbocycles. The normalized spacial score (nSPS) is 14.2. The van der Waals surface area contributed by atoms with Crippen LogP contribution in [0.2, 0.25) is 0 Å². The molecule has 0 heterocycles. The van der Waals surface area contributed by atoms with Gasteiger partial charge in [-0.2, -0.15) is 0 Å². The van der Waals surface area contributed by atoms with Crippen LogP contribution in [0.5, 0.6) is 0 Å². The summed E-state index contributed by atoms with van der Waals surface area (Å²) in [5.41, 5.74) is -1.30. The summed E-state index contributed by atoms with van der Waals surface area (Å²) >= 11 is 0. The van der Waals surface area contributed by atoms with E-state index in [4.69, 9.17) is 23.7 Å². The Morgan fingerprint density at radius 3 is 0.717 bits per heavy atom. The van der Waals surface area contributed by atoms with Crippen LogP contribution >= 0.6 is 0 Å². The summed E-state index contributed by atoms with van der Waals surface area (Å²) < 4.78 is 30.8. The zero-order chi connectivity index (χ0) is 38.8. The highest BCUT2D eigenvalue weighted by Gasteiger charge is 2.35. The van der Waals surface area contributed by atoms with Crippen LogP contribution in [0.1, 0.15) is 207 Å². The average Bonchev–Trinajstić information content (AvgIpc) is 3.17. The molecule has 0 amide bonds. The van der Waals surface area contributed by atoms with E-state index in [2.05, 4.69) is 27.7 Å². The van der Waals surface area contributed by atoms with E-state index in [0.717, 1.165) is 38.5 Å². The molecule has 2 unspecified atom stereocenters. The third kappa shape index (κ3) is 33.6. The number of ether oxygens (including phenoxy) is 5. The van der Waals surface area contributed by atoms with Crippen molar-refractivity contribution in [3.8, 4) is 0 Å².